The van der Waals surface area contributed by atoms with Gasteiger partial charge in [0.15, 0.2) is 16.6 Å². The van der Waals surface area contributed by atoms with Crippen molar-refractivity contribution in [2.24, 2.45) is 0 Å². The summed E-state index contributed by atoms with van der Waals surface area (Å²) in [5.41, 5.74) is 0.948. The van der Waals surface area contributed by atoms with Gasteiger partial charge in [-0.2, -0.15) is 0 Å². The van der Waals surface area contributed by atoms with Crippen molar-refractivity contribution in [3.8, 4) is 16.6 Å². The number of nitrogens with zero attached hydrogens (tertiary/aromatic N) is 2. The summed E-state index contributed by atoms with van der Waals surface area (Å²) in [5.74, 6) is 1.27. The Hall–Kier alpha value is -2.80. The zero-order valence-electron chi connectivity index (χ0n) is 14.1. The van der Waals surface area contributed by atoms with Crippen molar-refractivity contribution in [3.05, 3.63) is 59.4 Å². The molecule has 6 nitrogen and oxygen atoms in total. The first-order valence-electron chi connectivity index (χ1n) is 7.75. The third kappa shape index (κ3) is 4.19. The van der Waals surface area contributed by atoms with Crippen LogP contribution in [0.25, 0.3) is 5.13 Å². The van der Waals surface area contributed by atoms with Crippen molar-refractivity contribution < 1.29 is 14.3 Å². The van der Waals surface area contributed by atoms with Crippen molar-refractivity contribution in [2.45, 2.75) is 13.0 Å². The number of hydrogen-bond donors (Lipinski definition) is 1. The smallest absolute Gasteiger partial charge is 0.225 e. The van der Waals surface area contributed by atoms with E-state index in [4.69, 9.17) is 9.47 Å². The average Bonchev–Trinajstić information content (AvgIpc) is 3.31. The van der Waals surface area contributed by atoms with Gasteiger partial charge in [0.2, 0.25) is 5.91 Å². The zero-order chi connectivity index (χ0) is 17.6. The normalized spacial score (nSPS) is 10.5. The van der Waals surface area contributed by atoms with Gasteiger partial charge in [-0.25, -0.2) is 4.98 Å². The SMILES string of the molecule is COc1ccc(CNC(=O)Cc2cnc(-n3cccc3)s2)cc1OC. The molecule has 0 atom stereocenters. The lowest BCUT2D eigenvalue weighted by Crippen LogP contribution is -2.24. The molecule has 1 aromatic carbocycles. The molecular formula is C18H19N3O3S. The fraction of sp³-hybridized carbons (Fsp3) is 0.222. The van der Waals surface area contributed by atoms with Crippen LogP contribution in [0.15, 0.2) is 48.9 Å². The van der Waals surface area contributed by atoms with Gasteiger partial charge in [-0.05, 0) is 29.8 Å². The highest BCUT2D eigenvalue weighted by atomic mass is 32.1. The lowest BCUT2D eigenvalue weighted by Gasteiger charge is -2.10. The molecule has 2 aromatic heterocycles. The van der Waals surface area contributed by atoms with Gasteiger partial charge in [0.25, 0.3) is 0 Å². The molecule has 0 bridgehead atoms. The van der Waals surface area contributed by atoms with Gasteiger partial charge < -0.3 is 19.4 Å². The minimum absolute atomic E-state index is 0.0440. The van der Waals surface area contributed by atoms with E-state index in [0.717, 1.165) is 15.6 Å². The van der Waals surface area contributed by atoms with Crippen LogP contribution in [0.4, 0.5) is 0 Å². The molecule has 1 amide bonds. The van der Waals surface area contributed by atoms with Crippen LogP contribution in [0.2, 0.25) is 0 Å². The third-order valence-corrected chi connectivity index (χ3v) is 4.65. The van der Waals surface area contributed by atoms with Crippen LogP contribution in [0.1, 0.15) is 10.4 Å². The Morgan fingerprint density at radius 3 is 2.68 bits per heavy atom. The molecule has 0 unspecified atom stereocenters. The quantitative estimate of drug-likeness (QED) is 0.706. The molecule has 0 aliphatic rings. The van der Waals surface area contributed by atoms with E-state index in [0.29, 0.717) is 24.5 Å². The Bertz CT molecular complexity index is 843. The van der Waals surface area contributed by atoms with Crippen LogP contribution < -0.4 is 14.8 Å². The molecule has 0 aliphatic carbocycles. The number of benzene rings is 1. The fourth-order valence-electron chi connectivity index (χ4n) is 2.37. The van der Waals surface area contributed by atoms with Crippen LogP contribution >= 0.6 is 11.3 Å². The summed E-state index contributed by atoms with van der Waals surface area (Å²) in [5, 5.41) is 3.77. The lowest BCUT2D eigenvalue weighted by molar-refractivity contribution is -0.120. The number of ether oxygens (including phenoxy) is 2. The highest BCUT2D eigenvalue weighted by Gasteiger charge is 2.09. The molecule has 3 aromatic rings. The Morgan fingerprint density at radius 1 is 1.20 bits per heavy atom. The first-order chi connectivity index (χ1) is 12.2. The summed E-state index contributed by atoms with van der Waals surface area (Å²) in [6.07, 6.45) is 5.92. The Balaban J connectivity index is 1.56. The summed E-state index contributed by atoms with van der Waals surface area (Å²) < 4.78 is 12.4. The number of methoxy groups -OCH3 is 2. The molecular weight excluding hydrogens is 338 g/mol. The fourth-order valence-corrected chi connectivity index (χ4v) is 3.25. The predicted molar refractivity (Wildman–Crippen MR) is 96.5 cm³/mol. The Kier molecular flexibility index (Phi) is 5.35. The summed E-state index contributed by atoms with van der Waals surface area (Å²) >= 11 is 1.51. The molecule has 0 saturated heterocycles. The van der Waals surface area contributed by atoms with E-state index in [9.17, 15) is 4.79 Å². The second kappa shape index (κ2) is 7.85. The van der Waals surface area contributed by atoms with Crippen molar-refractivity contribution in [2.75, 3.05) is 14.2 Å². The second-order valence-corrected chi connectivity index (χ2v) is 6.44. The van der Waals surface area contributed by atoms with Crippen LogP contribution in [0.3, 0.4) is 0 Å². The van der Waals surface area contributed by atoms with E-state index >= 15 is 0 Å². The number of carbonyl (C=O) groups excluding carboxylic acids is 1. The van der Waals surface area contributed by atoms with E-state index < -0.39 is 0 Å². The van der Waals surface area contributed by atoms with E-state index in [1.807, 2.05) is 47.3 Å². The molecule has 1 N–H and O–H groups in total. The van der Waals surface area contributed by atoms with Crippen molar-refractivity contribution in [1.82, 2.24) is 14.9 Å². The Morgan fingerprint density at radius 2 is 1.96 bits per heavy atom. The maximum atomic E-state index is 12.2. The Labute approximate surface area is 150 Å². The second-order valence-electron chi connectivity index (χ2n) is 5.34. The minimum atomic E-state index is -0.0440. The molecule has 0 aliphatic heterocycles. The molecule has 25 heavy (non-hydrogen) atoms. The van der Waals surface area contributed by atoms with Gasteiger partial charge in [-0.15, -0.1) is 11.3 Å². The van der Waals surface area contributed by atoms with Gasteiger partial charge in [-0.3, -0.25) is 4.79 Å². The largest absolute Gasteiger partial charge is 0.493 e. The number of carbonyl (C=O) groups is 1. The van der Waals surface area contributed by atoms with Gasteiger partial charge in [0.1, 0.15) is 0 Å². The number of aromatic nitrogens is 2. The van der Waals surface area contributed by atoms with Gasteiger partial charge in [0.05, 0.1) is 20.6 Å². The first-order valence-corrected chi connectivity index (χ1v) is 8.57. The predicted octanol–water partition coefficient (Wildman–Crippen LogP) is 2.81. The topological polar surface area (TPSA) is 65.4 Å². The average molecular weight is 357 g/mol. The number of hydrogen-bond acceptors (Lipinski definition) is 5. The number of rotatable bonds is 7. The summed E-state index contributed by atoms with van der Waals surface area (Å²) in [7, 11) is 3.18. The van der Waals surface area contributed by atoms with Crippen LogP contribution in [-0.4, -0.2) is 29.7 Å². The van der Waals surface area contributed by atoms with E-state index in [1.165, 1.54) is 11.3 Å². The molecule has 0 saturated carbocycles. The van der Waals surface area contributed by atoms with Crippen LogP contribution in [0.5, 0.6) is 11.5 Å². The van der Waals surface area contributed by atoms with Crippen molar-refractivity contribution in [3.63, 3.8) is 0 Å². The summed E-state index contributed by atoms with van der Waals surface area (Å²) in [6.45, 7) is 0.433. The van der Waals surface area contributed by atoms with Crippen molar-refractivity contribution >= 4 is 17.2 Å². The molecule has 2 heterocycles. The molecule has 7 heteroatoms. The van der Waals surface area contributed by atoms with E-state index in [2.05, 4.69) is 10.3 Å². The van der Waals surface area contributed by atoms with Crippen LogP contribution in [0, 0.1) is 0 Å². The van der Waals surface area contributed by atoms with Gasteiger partial charge in [-0.1, -0.05) is 6.07 Å². The standard InChI is InChI=1S/C18H19N3O3S/c1-23-15-6-5-13(9-16(15)24-2)11-19-17(22)10-14-12-20-18(25-14)21-7-3-4-8-21/h3-9,12H,10-11H2,1-2H3,(H,19,22). The number of nitrogens with one attached hydrogen (secondary N) is 1. The highest BCUT2D eigenvalue weighted by Crippen LogP contribution is 2.27. The zero-order valence-corrected chi connectivity index (χ0v) is 14.9. The number of thiazole rings is 1. The van der Waals surface area contributed by atoms with Crippen LogP contribution in [-0.2, 0) is 17.8 Å². The van der Waals surface area contributed by atoms with E-state index in [1.54, 1.807) is 20.4 Å². The third-order valence-electron chi connectivity index (χ3n) is 3.64. The molecule has 3 rings (SSSR count). The lowest BCUT2D eigenvalue weighted by atomic mass is 10.2. The van der Waals surface area contributed by atoms with Gasteiger partial charge in [0, 0.05) is 30.0 Å². The number of amides is 1. The maximum absolute atomic E-state index is 12.2. The highest BCUT2D eigenvalue weighted by molar-refractivity contribution is 7.14. The summed E-state index contributed by atoms with van der Waals surface area (Å²) in [6, 6.07) is 9.47. The summed E-state index contributed by atoms with van der Waals surface area (Å²) in [4.78, 5) is 17.4. The minimum Gasteiger partial charge on any atom is -0.493 e. The molecule has 130 valence electrons. The molecule has 0 radical (unpaired) electrons. The first kappa shape index (κ1) is 17.0. The molecule has 0 spiro atoms. The monoisotopic (exact) mass is 357 g/mol. The molecule has 0 fully saturated rings. The van der Waals surface area contributed by atoms with Crippen molar-refractivity contribution in [1.29, 1.82) is 0 Å². The van der Waals surface area contributed by atoms with E-state index in [-0.39, 0.29) is 5.91 Å². The van der Waals surface area contributed by atoms with Gasteiger partial charge >= 0.3 is 0 Å². The maximum Gasteiger partial charge on any atom is 0.225 e.